The molecule has 2 fully saturated rings. The number of ether oxygens (including phenoxy) is 1. The highest BCUT2D eigenvalue weighted by molar-refractivity contribution is 5.83. The van der Waals surface area contributed by atoms with Gasteiger partial charge in [0.15, 0.2) is 0 Å². The van der Waals surface area contributed by atoms with Crippen molar-refractivity contribution in [3.63, 3.8) is 0 Å². The lowest BCUT2D eigenvalue weighted by Gasteiger charge is -2.32. The second kappa shape index (κ2) is 7.32. The van der Waals surface area contributed by atoms with Crippen molar-refractivity contribution in [1.29, 1.82) is 0 Å². The third-order valence-corrected chi connectivity index (χ3v) is 5.34. The zero-order chi connectivity index (χ0) is 17.9. The molecule has 1 amide bonds. The summed E-state index contributed by atoms with van der Waals surface area (Å²) >= 11 is 0. The van der Waals surface area contributed by atoms with E-state index in [0.717, 1.165) is 49.6 Å². The van der Waals surface area contributed by atoms with E-state index in [0.29, 0.717) is 0 Å². The predicted octanol–water partition coefficient (Wildman–Crippen LogP) is 2.37. The third-order valence-electron chi connectivity index (χ3n) is 5.34. The van der Waals surface area contributed by atoms with Crippen LogP contribution in [-0.2, 0) is 4.79 Å². The molecule has 1 N–H and O–H groups in total. The molecule has 4 rings (SSSR count). The molecule has 2 heterocycles. The van der Waals surface area contributed by atoms with Gasteiger partial charge < -0.3 is 15.0 Å². The molecular formula is C20H24N4O2. The van der Waals surface area contributed by atoms with Crippen molar-refractivity contribution in [2.75, 3.05) is 25.1 Å². The van der Waals surface area contributed by atoms with Crippen LogP contribution in [0.1, 0.15) is 30.7 Å². The fourth-order valence-corrected chi connectivity index (χ4v) is 3.79. The van der Waals surface area contributed by atoms with E-state index >= 15 is 0 Å². The number of hydrogen-bond acceptors (Lipinski definition) is 5. The lowest BCUT2D eigenvalue weighted by atomic mass is 10.0. The molecule has 1 saturated carbocycles. The van der Waals surface area contributed by atoms with Crippen molar-refractivity contribution in [2.24, 2.45) is 5.92 Å². The highest BCUT2D eigenvalue weighted by Crippen LogP contribution is 2.50. The monoisotopic (exact) mass is 352 g/mol. The first-order chi connectivity index (χ1) is 12.8. The normalized spacial score (nSPS) is 22.7. The summed E-state index contributed by atoms with van der Waals surface area (Å²) in [5.74, 6) is 2.18. The lowest BCUT2D eigenvalue weighted by molar-refractivity contribution is -0.123. The molecular weight excluding hydrogens is 328 g/mol. The smallest absolute Gasteiger partial charge is 0.225 e. The molecule has 0 bridgehead atoms. The molecule has 6 heteroatoms. The summed E-state index contributed by atoms with van der Waals surface area (Å²) < 4.78 is 5.43. The Bertz CT molecular complexity index is 759. The molecule has 1 aromatic heterocycles. The van der Waals surface area contributed by atoms with Crippen LogP contribution in [0.3, 0.4) is 0 Å². The minimum Gasteiger partial charge on any atom is -0.496 e. The first kappa shape index (κ1) is 16.8. The quantitative estimate of drug-likeness (QED) is 0.895. The molecule has 0 spiro atoms. The van der Waals surface area contributed by atoms with Crippen molar-refractivity contribution < 1.29 is 9.53 Å². The van der Waals surface area contributed by atoms with Gasteiger partial charge >= 0.3 is 0 Å². The maximum Gasteiger partial charge on any atom is 0.225 e. The topological polar surface area (TPSA) is 67.3 Å². The van der Waals surface area contributed by atoms with Crippen LogP contribution in [0.5, 0.6) is 5.75 Å². The van der Waals surface area contributed by atoms with Crippen LogP contribution in [0, 0.1) is 5.92 Å². The first-order valence-corrected chi connectivity index (χ1v) is 9.21. The van der Waals surface area contributed by atoms with E-state index in [1.165, 1.54) is 0 Å². The highest BCUT2D eigenvalue weighted by Gasteiger charge is 2.45. The number of hydrogen-bond donors (Lipinski definition) is 1. The number of piperidine rings is 1. The van der Waals surface area contributed by atoms with Gasteiger partial charge in [-0.05, 0) is 42.9 Å². The number of para-hydroxylation sites is 1. The molecule has 2 aromatic rings. The van der Waals surface area contributed by atoms with Crippen molar-refractivity contribution >= 4 is 11.9 Å². The Hall–Kier alpha value is -2.63. The Kier molecular flexibility index (Phi) is 4.73. The van der Waals surface area contributed by atoms with Gasteiger partial charge in [-0.3, -0.25) is 4.79 Å². The van der Waals surface area contributed by atoms with Crippen LogP contribution in [0.2, 0.25) is 0 Å². The molecule has 1 aromatic carbocycles. The minimum absolute atomic E-state index is 0.0711. The minimum atomic E-state index is 0.0711. The molecule has 2 atom stereocenters. The molecule has 6 nitrogen and oxygen atoms in total. The second-order valence-electron chi connectivity index (χ2n) is 7.01. The number of carbonyl (C=O) groups is 1. The van der Waals surface area contributed by atoms with Crippen molar-refractivity contribution in [2.45, 2.75) is 31.2 Å². The van der Waals surface area contributed by atoms with Gasteiger partial charge in [0.1, 0.15) is 5.75 Å². The van der Waals surface area contributed by atoms with E-state index in [1.807, 2.05) is 24.3 Å². The number of rotatable bonds is 5. The number of nitrogens with one attached hydrogen (secondary N) is 1. The highest BCUT2D eigenvalue weighted by atomic mass is 16.5. The van der Waals surface area contributed by atoms with Crippen LogP contribution in [0.25, 0.3) is 0 Å². The molecule has 1 saturated heterocycles. The zero-order valence-corrected chi connectivity index (χ0v) is 15.0. The van der Waals surface area contributed by atoms with Gasteiger partial charge in [-0.2, -0.15) is 0 Å². The maximum absolute atomic E-state index is 12.6. The maximum atomic E-state index is 12.6. The largest absolute Gasteiger partial charge is 0.496 e. The van der Waals surface area contributed by atoms with Gasteiger partial charge in [0.2, 0.25) is 11.9 Å². The molecule has 1 aliphatic heterocycles. The molecule has 0 unspecified atom stereocenters. The summed E-state index contributed by atoms with van der Waals surface area (Å²) in [4.78, 5) is 23.4. The number of carbonyl (C=O) groups excluding carboxylic acids is 1. The average Bonchev–Trinajstić information content (AvgIpc) is 3.50. The number of methoxy groups -OCH3 is 1. The van der Waals surface area contributed by atoms with Gasteiger partial charge in [-0.15, -0.1) is 0 Å². The van der Waals surface area contributed by atoms with E-state index in [2.05, 4.69) is 26.3 Å². The van der Waals surface area contributed by atoms with Gasteiger partial charge in [-0.25, -0.2) is 9.97 Å². The van der Waals surface area contributed by atoms with E-state index < -0.39 is 0 Å². The van der Waals surface area contributed by atoms with Gasteiger partial charge in [0, 0.05) is 37.4 Å². The van der Waals surface area contributed by atoms with Crippen molar-refractivity contribution in [3.05, 3.63) is 48.3 Å². The summed E-state index contributed by atoms with van der Waals surface area (Å²) in [6.45, 7) is 1.74. The molecule has 2 aliphatic rings. The Morgan fingerprint density at radius 3 is 2.62 bits per heavy atom. The summed E-state index contributed by atoms with van der Waals surface area (Å²) in [5.41, 5.74) is 1.14. The third kappa shape index (κ3) is 3.49. The summed E-state index contributed by atoms with van der Waals surface area (Å²) in [6.07, 6.45) is 6.29. The number of aromatic nitrogens is 2. The van der Waals surface area contributed by atoms with Crippen LogP contribution < -0.4 is 15.0 Å². The number of benzene rings is 1. The standard InChI is InChI=1S/C20H24N4O2/c1-26-18-6-3-2-5-15(18)16-13-17(16)19(25)23-14-7-11-24(12-8-14)20-21-9-4-10-22-20/h2-6,9-10,14,16-17H,7-8,11-13H2,1H3,(H,23,25)/t16-,17+/m0/s1. The van der Waals surface area contributed by atoms with E-state index in [9.17, 15) is 4.79 Å². The molecule has 136 valence electrons. The Morgan fingerprint density at radius 1 is 1.15 bits per heavy atom. The number of amides is 1. The van der Waals surface area contributed by atoms with E-state index in [4.69, 9.17) is 4.74 Å². The molecule has 1 aliphatic carbocycles. The van der Waals surface area contributed by atoms with E-state index in [1.54, 1.807) is 19.5 Å². The summed E-state index contributed by atoms with van der Waals surface area (Å²) in [6, 6.07) is 10.1. The molecule has 26 heavy (non-hydrogen) atoms. The zero-order valence-electron chi connectivity index (χ0n) is 15.0. The Balaban J connectivity index is 1.29. The van der Waals surface area contributed by atoms with Crippen LogP contribution in [0.4, 0.5) is 5.95 Å². The second-order valence-corrected chi connectivity index (χ2v) is 7.01. The fourth-order valence-electron chi connectivity index (χ4n) is 3.79. The Labute approximate surface area is 153 Å². The first-order valence-electron chi connectivity index (χ1n) is 9.21. The SMILES string of the molecule is COc1ccccc1[C@@H]1C[C@H]1C(=O)NC1CCN(c2ncccn2)CC1. The number of nitrogens with zero attached hydrogens (tertiary/aromatic N) is 3. The van der Waals surface area contributed by atoms with Crippen LogP contribution >= 0.6 is 0 Å². The van der Waals surface area contributed by atoms with Crippen molar-refractivity contribution in [3.8, 4) is 5.75 Å². The summed E-state index contributed by atoms with van der Waals surface area (Å²) in [5, 5.41) is 3.24. The predicted molar refractivity (Wildman–Crippen MR) is 99.3 cm³/mol. The van der Waals surface area contributed by atoms with Crippen molar-refractivity contribution in [1.82, 2.24) is 15.3 Å². The fraction of sp³-hybridized carbons (Fsp3) is 0.450. The number of anilines is 1. The molecule has 0 radical (unpaired) electrons. The van der Waals surface area contributed by atoms with Gasteiger partial charge in [-0.1, -0.05) is 18.2 Å². The van der Waals surface area contributed by atoms with Gasteiger partial charge in [0.05, 0.1) is 7.11 Å². The summed E-state index contributed by atoms with van der Waals surface area (Å²) in [7, 11) is 1.68. The van der Waals surface area contributed by atoms with Gasteiger partial charge in [0.25, 0.3) is 0 Å². The Morgan fingerprint density at radius 2 is 1.88 bits per heavy atom. The van der Waals surface area contributed by atoms with Crippen LogP contribution in [-0.4, -0.2) is 42.1 Å². The lowest BCUT2D eigenvalue weighted by Crippen LogP contribution is -2.45. The average molecular weight is 352 g/mol. The van der Waals surface area contributed by atoms with Crippen LogP contribution in [0.15, 0.2) is 42.7 Å². The van der Waals surface area contributed by atoms with E-state index in [-0.39, 0.29) is 23.8 Å².